The lowest BCUT2D eigenvalue weighted by atomic mass is 9.77. The normalized spacial score (nSPS) is 29.4. The van der Waals surface area contributed by atoms with Crippen LogP contribution in [-0.2, 0) is 26.1 Å². The Balaban J connectivity index is 1.61. The molecule has 2 atom stereocenters. The van der Waals surface area contributed by atoms with E-state index in [9.17, 15) is 0 Å². The van der Waals surface area contributed by atoms with E-state index >= 15 is 0 Å². The highest BCUT2D eigenvalue weighted by Crippen LogP contribution is 2.41. The van der Waals surface area contributed by atoms with Gasteiger partial charge in [-0.05, 0) is 36.1 Å². The van der Waals surface area contributed by atoms with Crippen molar-refractivity contribution in [3.8, 4) is 0 Å². The van der Waals surface area contributed by atoms with Gasteiger partial charge in [0.25, 0.3) is 0 Å². The molecule has 2 unspecified atom stereocenters. The predicted molar refractivity (Wildman–Crippen MR) is 91.6 cm³/mol. The summed E-state index contributed by atoms with van der Waals surface area (Å²) < 4.78 is 11.1. The minimum atomic E-state index is -0.0516. The fraction of sp³-hybridized carbons (Fsp3) is 0.429. The Hall–Kier alpha value is -1.64. The van der Waals surface area contributed by atoms with Crippen LogP contribution in [0, 0.1) is 0 Å². The molecule has 4 rings (SSSR count). The Bertz CT molecular complexity index is 654. The minimum Gasteiger partial charge on any atom is -0.365 e. The number of ether oxygens (including phenoxy) is 2. The van der Waals surface area contributed by atoms with Crippen LogP contribution in [-0.4, -0.2) is 13.2 Å². The van der Waals surface area contributed by atoms with Crippen LogP contribution >= 0.6 is 0 Å². The van der Waals surface area contributed by atoms with Gasteiger partial charge in [-0.3, -0.25) is 0 Å². The van der Waals surface area contributed by atoms with Gasteiger partial charge < -0.3 is 9.47 Å². The fourth-order valence-electron chi connectivity index (χ4n) is 3.20. The highest BCUT2D eigenvalue weighted by Gasteiger charge is 2.42. The minimum absolute atomic E-state index is 0.0202. The molecule has 2 aromatic carbocycles. The monoisotopic (exact) mass is 308 g/mol. The molecule has 0 amide bonds. The van der Waals surface area contributed by atoms with Crippen molar-refractivity contribution in [1.29, 1.82) is 0 Å². The number of rotatable bonds is 4. The van der Waals surface area contributed by atoms with E-state index in [1.165, 1.54) is 22.3 Å². The van der Waals surface area contributed by atoms with Gasteiger partial charge in [0.1, 0.15) is 11.2 Å². The third kappa shape index (κ3) is 2.50. The molecule has 0 aromatic heterocycles. The van der Waals surface area contributed by atoms with Gasteiger partial charge in [-0.1, -0.05) is 62.4 Å². The van der Waals surface area contributed by atoms with Gasteiger partial charge in [-0.15, -0.1) is 0 Å². The van der Waals surface area contributed by atoms with E-state index in [0.717, 1.165) is 13.2 Å². The van der Waals surface area contributed by atoms with Crippen LogP contribution in [0.2, 0.25) is 0 Å². The van der Waals surface area contributed by atoms with Crippen molar-refractivity contribution in [3.05, 3.63) is 70.8 Å². The van der Waals surface area contributed by atoms with E-state index < -0.39 is 0 Å². The summed E-state index contributed by atoms with van der Waals surface area (Å²) in [5.41, 5.74) is 5.07. The number of hydrogen-bond acceptors (Lipinski definition) is 2. The Morgan fingerprint density at radius 3 is 1.26 bits per heavy atom. The molecule has 0 saturated carbocycles. The van der Waals surface area contributed by atoms with Gasteiger partial charge in [0.05, 0.1) is 13.2 Å². The first kappa shape index (κ1) is 14.9. The molecule has 2 fully saturated rings. The Kier molecular flexibility index (Phi) is 3.04. The summed E-state index contributed by atoms with van der Waals surface area (Å²) >= 11 is 0. The zero-order valence-corrected chi connectivity index (χ0v) is 14.3. The van der Waals surface area contributed by atoms with Crippen molar-refractivity contribution >= 4 is 0 Å². The highest BCUT2D eigenvalue weighted by molar-refractivity contribution is 5.42. The van der Waals surface area contributed by atoms with E-state index in [-0.39, 0.29) is 16.6 Å². The standard InChI is InChI=1S/C21H24O2/c1-19(2,15-5-9-17(10-6-15)20(3)13-22-20)16-7-11-18(12-8-16)21(4)14-23-21/h5-12H,13-14H2,1-4H3. The van der Waals surface area contributed by atoms with Crippen molar-refractivity contribution in [2.45, 2.75) is 44.3 Å². The molecule has 0 aliphatic carbocycles. The van der Waals surface area contributed by atoms with Gasteiger partial charge in [0, 0.05) is 5.41 Å². The molecular weight excluding hydrogens is 284 g/mol. The quantitative estimate of drug-likeness (QED) is 0.777. The van der Waals surface area contributed by atoms with E-state index in [1.54, 1.807) is 0 Å². The van der Waals surface area contributed by atoms with E-state index in [0.29, 0.717) is 0 Å². The van der Waals surface area contributed by atoms with E-state index in [4.69, 9.17) is 9.47 Å². The predicted octanol–water partition coefficient (Wildman–Crippen LogP) is 4.50. The van der Waals surface area contributed by atoms with Crippen molar-refractivity contribution in [2.75, 3.05) is 13.2 Å². The third-order valence-corrected chi connectivity index (χ3v) is 5.59. The Morgan fingerprint density at radius 2 is 1.00 bits per heavy atom. The number of hydrogen-bond donors (Lipinski definition) is 0. The average molecular weight is 308 g/mol. The van der Waals surface area contributed by atoms with Gasteiger partial charge in [0.15, 0.2) is 0 Å². The molecule has 23 heavy (non-hydrogen) atoms. The topological polar surface area (TPSA) is 25.1 Å². The van der Waals surface area contributed by atoms with Crippen molar-refractivity contribution < 1.29 is 9.47 Å². The van der Waals surface area contributed by atoms with Gasteiger partial charge in [-0.25, -0.2) is 0 Å². The summed E-state index contributed by atoms with van der Waals surface area (Å²) in [6, 6.07) is 17.8. The summed E-state index contributed by atoms with van der Waals surface area (Å²) in [6.07, 6.45) is 0. The van der Waals surface area contributed by atoms with Crippen molar-refractivity contribution in [2.24, 2.45) is 0 Å². The molecule has 2 heteroatoms. The number of benzene rings is 2. The second-order valence-corrected chi connectivity index (χ2v) is 7.82. The first-order chi connectivity index (χ1) is 10.8. The SMILES string of the molecule is CC1(c2ccc(C(C)(C)c3ccc(C4(C)CO4)cc3)cc2)CO1. The fourth-order valence-corrected chi connectivity index (χ4v) is 3.20. The van der Waals surface area contributed by atoms with E-state index in [1.807, 2.05) is 0 Å². The lowest BCUT2D eigenvalue weighted by Gasteiger charge is -2.27. The molecule has 2 saturated heterocycles. The van der Waals surface area contributed by atoms with Crippen molar-refractivity contribution in [1.82, 2.24) is 0 Å². The second kappa shape index (κ2) is 4.68. The van der Waals surface area contributed by atoms with Gasteiger partial charge in [-0.2, -0.15) is 0 Å². The zero-order valence-electron chi connectivity index (χ0n) is 14.3. The van der Waals surface area contributed by atoms with Crippen LogP contribution in [0.15, 0.2) is 48.5 Å². The molecule has 2 nitrogen and oxygen atoms in total. The largest absolute Gasteiger partial charge is 0.365 e. The molecule has 2 aliphatic heterocycles. The summed E-state index contributed by atoms with van der Waals surface area (Å²) in [7, 11) is 0. The maximum atomic E-state index is 5.53. The molecule has 2 heterocycles. The van der Waals surface area contributed by atoms with Gasteiger partial charge in [0.2, 0.25) is 0 Å². The van der Waals surface area contributed by atoms with Crippen LogP contribution in [0.25, 0.3) is 0 Å². The Morgan fingerprint density at radius 1 is 0.696 bits per heavy atom. The molecular formula is C21H24O2. The molecule has 0 radical (unpaired) electrons. The molecule has 2 aliphatic rings. The maximum Gasteiger partial charge on any atom is 0.114 e. The number of epoxide rings is 2. The first-order valence-corrected chi connectivity index (χ1v) is 8.34. The average Bonchev–Trinajstić information content (AvgIpc) is 3.48. The zero-order chi connectivity index (χ0) is 16.3. The third-order valence-electron chi connectivity index (χ3n) is 5.59. The Labute approximate surface area is 138 Å². The van der Waals surface area contributed by atoms with Crippen LogP contribution in [0.1, 0.15) is 49.9 Å². The highest BCUT2D eigenvalue weighted by atomic mass is 16.6. The second-order valence-electron chi connectivity index (χ2n) is 7.82. The van der Waals surface area contributed by atoms with Crippen LogP contribution in [0.3, 0.4) is 0 Å². The summed E-state index contributed by atoms with van der Waals surface area (Å²) in [5, 5.41) is 0. The molecule has 120 valence electrons. The summed E-state index contributed by atoms with van der Waals surface area (Å²) in [6.45, 7) is 10.5. The van der Waals surface area contributed by atoms with Crippen LogP contribution in [0.4, 0.5) is 0 Å². The lowest BCUT2D eigenvalue weighted by Crippen LogP contribution is -2.19. The summed E-state index contributed by atoms with van der Waals surface area (Å²) in [5.74, 6) is 0. The molecule has 2 aromatic rings. The molecule has 0 spiro atoms. The smallest absolute Gasteiger partial charge is 0.114 e. The van der Waals surface area contributed by atoms with Gasteiger partial charge >= 0.3 is 0 Å². The summed E-state index contributed by atoms with van der Waals surface area (Å²) in [4.78, 5) is 0. The van der Waals surface area contributed by atoms with E-state index in [2.05, 4.69) is 76.2 Å². The van der Waals surface area contributed by atoms with Crippen LogP contribution in [0.5, 0.6) is 0 Å². The first-order valence-electron chi connectivity index (χ1n) is 8.34. The molecule has 0 bridgehead atoms. The maximum absolute atomic E-state index is 5.53. The molecule has 0 N–H and O–H groups in total. The lowest BCUT2D eigenvalue weighted by molar-refractivity contribution is 0.329. The van der Waals surface area contributed by atoms with Crippen LogP contribution < -0.4 is 0 Å². The van der Waals surface area contributed by atoms with Crippen molar-refractivity contribution in [3.63, 3.8) is 0 Å².